The lowest BCUT2D eigenvalue weighted by Gasteiger charge is -2.10. The third-order valence-corrected chi connectivity index (χ3v) is 2.84. The van der Waals surface area contributed by atoms with Crippen molar-refractivity contribution in [1.29, 1.82) is 0 Å². The highest BCUT2D eigenvalue weighted by Gasteiger charge is 2.28. The van der Waals surface area contributed by atoms with E-state index >= 15 is 0 Å². The highest BCUT2D eigenvalue weighted by atomic mass is 19.4. The first-order valence-electron chi connectivity index (χ1n) is 6.63. The summed E-state index contributed by atoms with van der Waals surface area (Å²) in [5, 5.41) is 12.4. The third-order valence-electron chi connectivity index (χ3n) is 2.84. The van der Waals surface area contributed by atoms with E-state index in [9.17, 15) is 23.1 Å². The molecule has 9 heteroatoms. The van der Waals surface area contributed by atoms with E-state index in [2.05, 4.69) is 15.0 Å². The number of methoxy groups -OCH3 is 1. The van der Waals surface area contributed by atoms with Crippen molar-refractivity contribution in [2.24, 2.45) is 0 Å². The Labute approximate surface area is 134 Å². The minimum absolute atomic E-state index is 0.0215. The molecule has 0 bridgehead atoms. The number of carbonyl (C=O) groups excluding carboxylic acids is 1. The summed E-state index contributed by atoms with van der Waals surface area (Å²) in [5.74, 6) is -1.04. The van der Waals surface area contributed by atoms with Gasteiger partial charge in [0.15, 0.2) is 18.1 Å². The van der Waals surface area contributed by atoms with Crippen LogP contribution in [0.15, 0.2) is 36.5 Å². The fourth-order valence-electron chi connectivity index (χ4n) is 1.76. The summed E-state index contributed by atoms with van der Waals surface area (Å²) in [6, 6.07) is 6.92. The van der Waals surface area contributed by atoms with Crippen LogP contribution in [0.2, 0.25) is 0 Å². The van der Waals surface area contributed by atoms with Crippen molar-refractivity contribution < 1.29 is 32.5 Å². The number of halogens is 3. The Bertz CT molecular complexity index is 718. The number of hydrogen-bond acceptors (Lipinski definition) is 5. The zero-order valence-electron chi connectivity index (χ0n) is 12.4. The van der Waals surface area contributed by atoms with Gasteiger partial charge in [0.05, 0.1) is 24.6 Å². The van der Waals surface area contributed by atoms with Crippen LogP contribution in [-0.2, 0) is 0 Å². The van der Waals surface area contributed by atoms with Crippen molar-refractivity contribution in [3.63, 3.8) is 0 Å². The monoisotopic (exact) mass is 342 g/mol. The van der Waals surface area contributed by atoms with Gasteiger partial charge in [0.1, 0.15) is 0 Å². The van der Waals surface area contributed by atoms with E-state index in [4.69, 9.17) is 4.74 Å². The first-order chi connectivity index (χ1) is 11.3. The molecule has 0 spiro atoms. The van der Waals surface area contributed by atoms with Crippen molar-refractivity contribution in [1.82, 2.24) is 4.98 Å². The van der Waals surface area contributed by atoms with E-state index < -0.39 is 18.7 Å². The van der Waals surface area contributed by atoms with Gasteiger partial charge >= 0.3 is 6.18 Å². The topological polar surface area (TPSA) is 80.7 Å². The average Bonchev–Trinajstić information content (AvgIpc) is 2.53. The Kier molecular flexibility index (Phi) is 5.12. The van der Waals surface area contributed by atoms with Gasteiger partial charge in [-0.25, -0.2) is 4.98 Å². The fraction of sp³-hybridized carbons (Fsp3) is 0.200. The van der Waals surface area contributed by atoms with Gasteiger partial charge in [0, 0.05) is 6.07 Å². The second-order valence-corrected chi connectivity index (χ2v) is 4.60. The summed E-state index contributed by atoms with van der Waals surface area (Å²) in [6.45, 7) is -1.45. The molecule has 2 aromatic rings. The zero-order valence-corrected chi connectivity index (χ0v) is 12.4. The van der Waals surface area contributed by atoms with Crippen molar-refractivity contribution in [3.05, 3.63) is 42.1 Å². The average molecular weight is 342 g/mol. The first kappa shape index (κ1) is 17.4. The van der Waals surface area contributed by atoms with E-state index in [1.165, 1.54) is 37.4 Å². The number of anilines is 1. The minimum atomic E-state index is -4.46. The summed E-state index contributed by atoms with van der Waals surface area (Å²) in [5.41, 5.74) is 0.202. The fourth-order valence-corrected chi connectivity index (χ4v) is 1.76. The number of phenols is 1. The van der Waals surface area contributed by atoms with Gasteiger partial charge in [-0.1, -0.05) is 6.07 Å². The molecular formula is C15H13F3N2O4. The molecule has 1 heterocycles. The van der Waals surface area contributed by atoms with Crippen LogP contribution in [0.1, 0.15) is 10.4 Å². The Morgan fingerprint density at radius 3 is 2.62 bits per heavy atom. The molecule has 128 valence electrons. The van der Waals surface area contributed by atoms with E-state index in [1.54, 1.807) is 0 Å². The standard InChI is InChI=1S/C15H13F3N2O4/c1-23-11-4-2-3-10(13(11)21)14(22)20-9-5-6-12(19-7-9)24-8-15(16,17)18/h2-7,21H,8H2,1H3,(H,20,22). The lowest BCUT2D eigenvalue weighted by Crippen LogP contribution is -2.19. The van der Waals surface area contributed by atoms with E-state index in [-0.39, 0.29) is 28.6 Å². The van der Waals surface area contributed by atoms with Gasteiger partial charge in [0.25, 0.3) is 5.91 Å². The number of amides is 1. The molecule has 0 atom stereocenters. The van der Waals surface area contributed by atoms with Crippen molar-refractivity contribution in [2.45, 2.75) is 6.18 Å². The Morgan fingerprint density at radius 1 is 1.29 bits per heavy atom. The number of rotatable bonds is 5. The molecule has 2 rings (SSSR count). The minimum Gasteiger partial charge on any atom is -0.504 e. The highest BCUT2D eigenvalue weighted by Crippen LogP contribution is 2.29. The van der Waals surface area contributed by atoms with E-state index in [0.29, 0.717) is 0 Å². The summed E-state index contributed by atoms with van der Waals surface area (Å²) >= 11 is 0. The molecule has 0 saturated carbocycles. The molecule has 1 aromatic carbocycles. The number of aromatic hydroxyl groups is 1. The second-order valence-electron chi connectivity index (χ2n) is 4.60. The second kappa shape index (κ2) is 7.07. The van der Waals surface area contributed by atoms with Crippen LogP contribution in [0.25, 0.3) is 0 Å². The van der Waals surface area contributed by atoms with E-state index in [0.717, 1.165) is 6.20 Å². The molecule has 2 N–H and O–H groups in total. The molecule has 1 aromatic heterocycles. The quantitative estimate of drug-likeness (QED) is 0.873. The van der Waals surface area contributed by atoms with Crippen LogP contribution in [-0.4, -0.2) is 35.9 Å². The maximum absolute atomic E-state index is 12.1. The van der Waals surface area contributed by atoms with Gasteiger partial charge in [-0.2, -0.15) is 13.2 Å². The third kappa shape index (κ3) is 4.51. The van der Waals surface area contributed by atoms with Crippen LogP contribution >= 0.6 is 0 Å². The lowest BCUT2D eigenvalue weighted by atomic mass is 10.1. The van der Waals surface area contributed by atoms with Gasteiger partial charge in [-0.05, 0) is 18.2 Å². The number of para-hydroxylation sites is 1. The number of carbonyl (C=O) groups is 1. The molecule has 0 aliphatic rings. The number of ether oxygens (including phenoxy) is 2. The summed E-state index contributed by atoms with van der Waals surface area (Å²) in [7, 11) is 1.35. The molecule has 0 unspecified atom stereocenters. The zero-order chi connectivity index (χ0) is 17.7. The highest BCUT2D eigenvalue weighted by molar-refractivity contribution is 6.06. The van der Waals surface area contributed by atoms with Crippen LogP contribution in [0.4, 0.5) is 18.9 Å². The number of alkyl halides is 3. The van der Waals surface area contributed by atoms with Crippen molar-refractivity contribution >= 4 is 11.6 Å². The normalized spacial score (nSPS) is 11.0. The van der Waals surface area contributed by atoms with Crippen molar-refractivity contribution in [2.75, 3.05) is 19.0 Å². The van der Waals surface area contributed by atoms with Crippen LogP contribution in [0.5, 0.6) is 17.4 Å². The Morgan fingerprint density at radius 2 is 2.04 bits per heavy atom. The Balaban J connectivity index is 2.05. The molecule has 0 fully saturated rings. The lowest BCUT2D eigenvalue weighted by molar-refractivity contribution is -0.154. The molecule has 6 nitrogen and oxygen atoms in total. The number of benzene rings is 1. The summed E-state index contributed by atoms with van der Waals surface area (Å²) in [6.07, 6.45) is -3.32. The molecule has 1 amide bonds. The first-order valence-corrected chi connectivity index (χ1v) is 6.63. The Hall–Kier alpha value is -2.97. The van der Waals surface area contributed by atoms with Crippen LogP contribution in [0.3, 0.4) is 0 Å². The van der Waals surface area contributed by atoms with Gasteiger partial charge in [-0.15, -0.1) is 0 Å². The smallest absolute Gasteiger partial charge is 0.422 e. The number of nitrogens with one attached hydrogen (secondary N) is 1. The van der Waals surface area contributed by atoms with Crippen molar-refractivity contribution in [3.8, 4) is 17.4 Å². The number of pyridine rings is 1. The largest absolute Gasteiger partial charge is 0.504 e. The van der Waals surface area contributed by atoms with Crippen LogP contribution < -0.4 is 14.8 Å². The molecule has 0 saturated heterocycles. The SMILES string of the molecule is COc1cccc(C(=O)Nc2ccc(OCC(F)(F)F)nc2)c1O. The molecule has 0 radical (unpaired) electrons. The summed E-state index contributed by atoms with van der Waals surface area (Å²) < 4.78 is 45.5. The molecule has 0 aliphatic heterocycles. The number of hydrogen-bond donors (Lipinski definition) is 2. The van der Waals surface area contributed by atoms with Gasteiger partial charge in [-0.3, -0.25) is 4.79 Å². The molecule has 0 aliphatic carbocycles. The number of phenolic OH excluding ortho intramolecular Hbond substituents is 1. The van der Waals surface area contributed by atoms with Crippen LogP contribution in [0, 0.1) is 0 Å². The maximum atomic E-state index is 12.1. The number of nitrogens with zero attached hydrogens (tertiary/aromatic N) is 1. The van der Waals surface area contributed by atoms with Gasteiger partial charge in [0.2, 0.25) is 5.88 Å². The molecular weight excluding hydrogens is 329 g/mol. The maximum Gasteiger partial charge on any atom is 0.422 e. The molecule has 24 heavy (non-hydrogen) atoms. The van der Waals surface area contributed by atoms with Gasteiger partial charge < -0.3 is 19.9 Å². The predicted octanol–water partition coefficient (Wildman–Crippen LogP) is 2.99. The predicted molar refractivity (Wildman–Crippen MR) is 78.4 cm³/mol. The van der Waals surface area contributed by atoms with E-state index in [1.807, 2.05) is 0 Å². The number of aromatic nitrogens is 1. The summed E-state index contributed by atoms with van der Waals surface area (Å²) in [4.78, 5) is 15.8.